The summed E-state index contributed by atoms with van der Waals surface area (Å²) in [4.78, 5) is 14.9. The molecule has 2 aromatic rings. The number of amides is 1. The molecule has 1 amide bonds. The van der Waals surface area contributed by atoms with Crippen LogP contribution < -0.4 is 4.74 Å². The second-order valence-electron chi connectivity index (χ2n) is 6.55. The molecule has 0 unspecified atom stereocenters. The number of hydrogen-bond donors (Lipinski definition) is 0. The van der Waals surface area contributed by atoms with Gasteiger partial charge in [-0.25, -0.2) is 0 Å². The van der Waals surface area contributed by atoms with E-state index in [1.54, 1.807) is 0 Å². The molecule has 0 atom stereocenters. The van der Waals surface area contributed by atoms with Crippen LogP contribution in [0.5, 0.6) is 5.75 Å². The molecule has 0 bridgehead atoms. The van der Waals surface area contributed by atoms with Crippen molar-refractivity contribution in [2.45, 2.75) is 39.8 Å². The average molecular weight is 353 g/mol. The van der Waals surface area contributed by atoms with Crippen LogP contribution in [0.4, 0.5) is 0 Å². The van der Waals surface area contributed by atoms with Gasteiger partial charge in [-0.1, -0.05) is 31.2 Å². The fourth-order valence-electron chi connectivity index (χ4n) is 3.30. The lowest BCUT2D eigenvalue weighted by molar-refractivity contribution is 0.0734. The number of nitrogens with zero attached hydrogens (tertiary/aromatic N) is 1. The molecule has 0 spiro atoms. The second-order valence-corrected chi connectivity index (χ2v) is 6.55. The number of hydrogen-bond acceptors (Lipinski definition) is 3. The molecular weight excluding hydrogens is 326 g/mol. The van der Waals surface area contributed by atoms with E-state index in [4.69, 9.17) is 9.47 Å². The molecule has 138 valence electrons. The van der Waals surface area contributed by atoms with Crippen molar-refractivity contribution < 1.29 is 14.3 Å². The Labute approximate surface area is 155 Å². The van der Waals surface area contributed by atoms with E-state index >= 15 is 0 Å². The van der Waals surface area contributed by atoms with Gasteiger partial charge in [-0.15, -0.1) is 0 Å². The largest absolute Gasteiger partial charge is 0.494 e. The van der Waals surface area contributed by atoms with Crippen LogP contribution in [-0.2, 0) is 24.3 Å². The van der Waals surface area contributed by atoms with Gasteiger partial charge in [0.05, 0.1) is 13.2 Å². The van der Waals surface area contributed by atoms with Gasteiger partial charge in [0.15, 0.2) is 0 Å². The van der Waals surface area contributed by atoms with E-state index in [0.29, 0.717) is 31.9 Å². The Balaban J connectivity index is 1.77. The van der Waals surface area contributed by atoms with Crippen LogP contribution in [0.1, 0.15) is 47.3 Å². The van der Waals surface area contributed by atoms with E-state index < -0.39 is 0 Å². The van der Waals surface area contributed by atoms with E-state index in [-0.39, 0.29) is 5.91 Å². The molecule has 0 aliphatic carbocycles. The summed E-state index contributed by atoms with van der Waals surface area (Å²) in [7, 11) is 0. The number of carbonyl (C=O) groups is 1. The third-order valence-corrected chi connectivity index (χ3v) is 4.63. The van der Waals surface area contributed by atoms with E-state index in [9.17, 15) is 4.79 Å². The molecule has 3 rings (SSSR count). The van der Waals surface area contributed by atoms with Gasteiger partial charge >= 0.3 is 0 Å². The molecule has 0 radical (unpaired) electrons. The molecule has 0 saturated carbocycles. The Hall–Kier alpha value is -2.33. The van der Waals surface area contributed by atoms with Crippen molar-refractivity contribution in [1.29, 1.82) is 0 Å². The van der Waals surface area contributed by atoms with Crippen molar-refractivity contribution >= 4 is 5.91 Å². The summed E-state index contributed by atoms with van der Waals surface area (Å²) in [5.41, 5.74) is 4.22. The lowest BCUT2D eigenvalue weighted by Gasteiger charge is -2.29. The Kier molecular flexibility index (Phi) is 6.29. The van der Waals surface area contributed by atoms with Crippen LogP contribution >= 0.6 is 0 Å². The molecule has 1 aliphatic heterocycles. The fraction of sp³-hybridized carbons (Fsp3) is 0.409. The van der Waals surface area contributed by atoms with E-state index in [2.05, 4.69) is 25.1 Å². The lowest BCUT2D eigenvalue weighted by Crippen LogP contribution is -2.36. The minimum atomic E-state index is 0.0688. The minimum Gasteiger partial charge on any atom is -0.494 e. The Bertz CT molecular complexity index is 757. The molecule has 0 aromatic heterocycles. The van der Waals surface area contributed by atoms with E-state index in [0.717, 1.165) is 30.7 Å². The molecule has 1 aliphatic rings. The van der Waals surface area contributed by atoms with Crippen molar-refractivity contribution in [3.63, 3.8) is 0 Å². The van der Waals surface area contributed by atoms with Crippen molar-refractivity contribution in [3.05, 3.63) is 64.7 Å². The van der Waals surface area contributed by atoms with Crippen LogP contribution in [0.15, 0.2) is 42.5 Å². The highest BCUT2D eigenvalue weighted by Gasteiger charge is 2.22. The van der Waals surface area contributed by atoms with Crippen LogP contribution in [0.2, 0.25) is 0 Å². The summed E-state index contributed by atoms with van der Waals surface area (Å²) in [5.74, 6) is 0.864. The van der Waals surface area contributed by atoms with Gasteiger partial charge in [-0.3, -0.25) is 4.79 Å². The standard InChI is InChI=1S/C22H27NO3/c1-3-13-25-16-20-14-18(9-10-21(20)26-4-2)22(24)23-12-11-17-7-5-6-8-19(17)15-23/h5-10,14H,3-4,11-13,15-16H2,1-2H3. The number of fused-ring (bicyclic) bond motifs is 1. The van der Waals surface area contributed by atoms with Crippen molar-refractivity contribution in [2.75, 3.05) is 19.8 Å². The van der Waals surface area contributed by atoms with Gasteiger partial charge in [0.25, 0.3) is 5.91 Å². The first kappa shape index (κ1) is 18.5. The zero-order valence-corrected chi connectivity index (χ0v) is 15.7. The first-order chi connectivity index (χ1) is 12.7. The van der Waals surface area contributed by atoms with Crippen molar-refractivity contribution in [3.8, 4) is 5.75 Å². The highest BCUT2D eigenvalue weighted by molar-refractivity contribution is 5.94. The Morgan fingerprint density at radius 1 is 1.12 bits per heavy atom. The first-order valence-electron chi connectivity index (χ1n) is 9.42. The van der Waals surface area contributed by atoms with Gasteiger partial charge in [-0.05, 0) is 49.1 Å². The number of carbonyl (C=O) groups excluding carboxylic acids is 1. The summed E-state index contributed by atoms with van der Waals surface area (Å²) in [6.07, 6.45) is 1.88. The zero-order valence-electron chi connectivity index (χ0n) is 15.7. The zero-order chi connectivity index (χ0) is 18.4. The third-order valence-electron chi connectivity index (χ3n) is 4.63. The predicted molar refractivity (Wildman–Crippen MR) is 102 cm³/mol. The maximum Gasteiger partial charge on any atom is 0.254 e. The normalized spacial score (nSPS) is 13.4. The highest BCUT2D eigenvalue weighted by atomic mass is 16.5. The lowest BCUT2D eigenvalue weighted by atomic mass is 9.99. The fourth-order valence-corrected chi connectivity index (χ4v) is 3.30. The number of ether oxygens (including phenoxy) is 2. The minimum absolute atomic E-state index is 0.0688. The van der Waals surface area contributed by atoms with Crippen molar-refractivity contribution in [1.82, 2.24) is 4.90 Å². The molecule has 0 fully saturated rings. The van der Waals surface area contributed by atoms with Gasteiger partial charge in [0.1, 0.15) is 5.75 Å². The van der Waals surface area contributed by atoms with Crippen molar-refractivity contribution in [2.24, 2.45) is 0 Å². The number of rotatable bonds is 7. The smallest absolute Gasteiger partial charge is 0.254 e. The first-order valence-corrected chi connectivity index (χ1v) is 9.42. The van der Waals surface area contributed by atoms with Gasteiger partial charge in [0, 0.05) is 30.8 Å². The molecule has 0 saturated heterocycles. The Morgan fingerprint density at radius 2 is 1.92 bits per heavy atom. The third kappa shape index (κ3) is 4.25. The van der Waals surface area contributed by atoms with E-state index in [1.807, 2.05) is 36.1 Å². The summed E-state index contributed by atoms with van der Waals surface area (Å²) >= 11 is 0. The number of benzene rings is 2. The summed E-state index contributed by atoms with van der Waals surface area (Å²) in [5, 5.41) is 0. The molecule has 2 aromatic carbocycles. The molecule has 1 heterocycles. The predicted octanol–water partition coefficient (Wildman–Crippen LogP) is 4.21. The monoisotopic (exact) mass is 353 g/mol. The quantitative estimate of drug-likeness (QED) is 0.700. The summed E-state index contributed by atoms with van der Waals surface area (Å²) < 4.78 is 11.4. The highest BCUT2D eigenvalue weighted by Crippen LogP contribution is 2.24. The van der Waals surface area contributed by atoms with Gasteiger partial charge in [-0.2, -0.15) is 0 Å². The molecule has 0 N–H and O–H groups in total. The molecular formula is C22H27NO3. The molecule has 26 heavy (non-hydrogen) atoms. The Morgan fingerprint density at radius 3 is 2.69 bits per heavy atom. The molecule has 4 heteroatoms. The van der Waals surface area contributed by atoms with Gasteiger partial charge < -0.3 is 14.4 Å². The SMILES string of the molecule is CCCOCc1cc(C(=O)N2CCc3ccccc3C2)ccc1OCC. The van der Waals surface area contributed by atoms with Crippen LogP contribution in [0.25, 0.3) is 0 Å². The summed E-state index contributed by atoms with van der Waals surface area (Å²) in [6.45, 7) is 7.23. The topological polar surface area (TPSA) is 38.8 Å². The van der Waals surface area contributed by atoms with Crippen LogP contribution in [-0.4, -0.2) is 30.6 Å². The maximum absolute atomic E-state index is 13.0. The maximum atomic E-state index is 13.0. The van der Waals surface area contributed by atoms with E-state index in [1.165, 1.54) is 11.1 Å². The van der Waals surface area contributed by atoms with Gasteiger partial charge in [0.2, 0.25) is 0 Å². The molecule has 4 nitrogen and oxygen atoms in total. The van der Waals surface area contributed by atoms with Crippen LogP contribution in [0.3, 0.4) is 0 Å². The van der Waals surface area contributed by atoms with Crippen LogP contribution in [0, 0.1) is 0 Å². The average Bonchev–Trinajstić information content (AvgIpc) is 2.68. The summed E-state index contributed by atoms with van der Waals surface area (Å²) in [6, 6.07) is 14.0. The second kappa shape index (κ2) is 8.86.